The van der Waals surface area contributed by atoms with Crippen molar-refractivity contribution in [3.05, 3.63) is 65.6 Å². The number of thiophene rings is 1. The highest BCUT2D eigenvalue weighted by Crippen LogP contribution is 2.31. The molecular weight excluding hydrogens is 282 g/mol. The van der Waals surface area contributed by atoms with Crippen LogP contribution in [0.15, 0.2) is 54.2 Å². The predicted molar refractivity (Wildman–Crippen MR) is 84.5 cm³/mol. The first kappa shape index (κ1) is 13.5. The first-order chi connectivity index (χ1) is 10.2. The van der Waals surface area contributed by atoms with Gasteiger partial charge in [0.05, 0.1) is 11.9 Å². The average molecular weight is 295 g/mol. The van der Waals surface area contributed by atoms with Crippen molar-refractivity contribution >= 4 is 22.9 Å². The number of hydrogen-bond donors (Lipinski definition) is 1. The zero-order chi connectivity index (χ0) is 14.7. The number of nitrogens with zero attached hydrogens (tertiary/aromatic N) is 2. The lowest BCUT2D eigenvalue weighted by atomic mass is 10.1. The van der Waals surface area contributed by atoms with E-state index in [9.17, 15) is 4.79 Å². The van der Waals surface area contributed by atoms with Gasteiger partial charge in [0.2, 0.25) is 0 Å². The first-order valence-corrected chi connectivity index (χ1v) is 7.35. The molecule has 2 heterocycles. The number of para-hydroxylation sites is 1. The molecule has 0 spiro atoms. The minimum Gasteiger partial charge on any atom is -0.320 e. The van der Waals surface area contributed by atoms with E-state index in [0.29, 0.717) is 5.69 Å². The molecule has 0 bridgehead atoms. The molecule has 0 saturated heterocycles. The molecule has 0 atom stereocenters. The maximum absolute atomic E-state index is 12.2. The number of carbonyl (C=O) groups excluding carboxylic acids is 1. The van der Waals surface area contributed by atoms with E-state index < -0.39 is 0 Å². The number of carbonyl (C=O) groups is 1. The zero-order valence-electron chi connectivity index (χ0n) is 11.4. The minimum atomic E-state index is -0.258. The van der Waals surface area contributed by atoms with Crippen LogP contribution in [0.3, 0.4) is 0 Å². The van der Waals surface area contributed by atoms with Gasteiger partial charge >= 0.3 is 0 Å². The number of benzene rings is 1. The fraction of sp³-hybridized carbons (Fsp3) is 0.0625. The Labute approximate surface area is 126 Å². The van der Waals surface area contributed by atoms with E-state index in [1.165, 1.54) is 6.20 Å². The molecule has 0 unspecified atom stereocenters. The second-order valence-electron chi connectivity index (χ2n) is 4.52. The number of hydrogen-bond acceptors (Lipinski definition) is 4. The summed E-state index contributed by atoms with van der Waals surface area (Å²) in [6.07, 6.45) is 3.07. The topological polar surface area (TPSA) is 54.9 Å². The third-order valence-electron chi connectivity index (χ3n) is 2.98. The highest BCUT2D eigenvalue weighted by Gasteiger charge is 2.11. The van der Waals surface area contributed by atoms with E-state index in [4.69, 9.17) is 0 Å². The Bertz CT molecular complexity index is 751. The largest absolute Gasteiger partial charge is 0.320 e. The standard InChI is InChI=1S/C16H13N3OS/c1-11-9-18-14(10-17-11)16(20)19-13-6-3-2-5-12(13)15-7-4-8-21-15/h2-10H,1H3,(H,19,20). The third-order valence-corrected chi connectivity index (χ3v) is 3.88. The highest BCUT2D eigenvalue weighted by atomic mass is 32.1. The van der Waals surface area contributed by atoms with E-state index in [2.05, 4.69) is 15.3 Å². The summed E-state index contributed by atoms with van der Waals surface area (Å²) in [5.74, 6) is -0.258. The molecular formula is C16H13N3OS. The molecule has 104 valence electrons. The zero-order valence-corrected chi connectivity index (χ0v) is 12.2. The summed E-state index contributed by atoms with van der Waals surface area (Å²) in [5.41, 5.74) is 2.86. The van der Waals surface area contributed by atoms with Crippen molar-refractivity contribution in [2.75, 3.05) is 5.32 Å². The maximum Gasteiger partial charge on any atom is 0.275 e. The van der Waals surface area contributed by atoms with Crippen molar-refractivity contribution in [2.45, 2.75) is 6.92 Å². The monoisotopic (exact) mass is 295 g/mol. The van der Waals surface area contributed by atoms with E-state index in [-0.39, 0.29) is 5.91 Å². The Balaban J connectivity index is 1.88. The molecule has 21 heavy (non-hydrogen) atoms. The number of nitrogens with one attached hydrogen (secondary N) is 1. The fourth-order valence-corrected chi connectivity index (χ4v) is 2.70. The summed E-state index contributed by atoms with van der Waals surface area (Å²) >= 11 is 1.64. The van der Waals surface area contributed by atoms with Gasteiger partial charge in [0.25, 0.3) is 5.91 Å². The summed E-state index contributed by atoms with van der Waals surface area (Å²) in [5, 5.41) is 4.91. The molecule has 0 fully saturated rings. The van der Waals surface area contributed by atoms with Crippen molar-refractivity contribution < 1.29 is 4.79 Å². The summed E-state index contributed by atoms with van der Waals surface area (Å²) < 4.78 is 0. The van der Waals surface area contributed by atoms with Gasteiger partial charge in [-0.25, -0.2) is 4.98 Å². The Morgan fingerprint density at radius 2 is 1.95 bits per heavy atom. The molecule has 0 aliphatic heterocycles. The Kier molecular flexibility index (Phi) is 3.75. The van der Waals surface area contributed by atoms with Crippen LogP contribution >= 0.6 is 11.3 Å². The van der Waals surface area contributed by atoms with Crippen LogP contribution in [-0.4, -0.2) is 15.9 Å². The number of aromatic nitrogens is 2. The lowest BCUT2D eigenvalue weighted by Gasteiger charge is -2.09. The van der Waals surface area contributed by atoms with Crippen molar-refractivity contribution in [1.82, 2.24) is 9.97 Å². The smallest absolute Gasteiger partial charge is 0.275 e. The SMILES string of the molecule is Cc1cnc(C(=O)Nc2ccccc2-c2cccs2)cn1. The second kappa shape index (κ2) is 5.85. The van der Waals surface area contributed by atoms with Crippen LogP contribution in [0.4, 0.5) is 5.69 Å². The third kappa shape index (κ3) is 2.98. The number of anilines is 1. The molecule has 1 amide bonds. The van der Waals surface area contributed by atoms with Crippen LogP contribution in [0.2, 0.25) is 0 Å². The van der Waals surface area contributed by atoms with E-state index in [1.54, 1.807) is 17.5 Å². The maximum atomic E-state index is 12.2. The lowest BCUT2D eigenvalue weighted by molar-refractivity contribution is 0.102. The quantitative estimate of drug-likeness (QED) is 0.800. The molecule has 1 N–H and O–H groups in total. The minimum absolute atomic E-state index is 0.258. The Hall–Kier alpha value is -2.53. The van der Waals surface area contributed by atoms with E-state index in [1.807, 2.05) is 48.7 Å². The van der Waals surface area contributed by atoms with Gasteiger partial charge in [-0.2, -0.15) is 0 Å². The van der Waals surface area contributed by atoms with Crippen LogP contribution in [0.25, 0.3) is 10.4 Å². The molecule has 0 aliphatic carbocycles. The average Bonchev–Trinajstić information content (AvgIpc) is 3.02. The number of aryl methyl sites for hydroxylation is 1. The summed E-state index contributed by atoms with van der Waals surface area (Å²) in [6, 6.07) is 11.7. The van der Waals surface area contributed by atoms with Gasteiger partial charge < -0.3 is 5.32 Å². The molecule has 0 saturated carbocycles. The van der Waals surface area contributed by atoms with E-state index >= 15 is 0 Å². The van der Waals surface area contributed by atoms with Gasteiger partial charge in [0, 0.05) is 22.3 Å². The van der Waals surface area contributed by atoms with Crippen molar-refractivity contribution in [3.63, 3.8) is 0 Å². The first-order valence-electron chi connectivity index (χ1n) is 6.47. The Morgan fingerprint density at radius 1 is 1.10 bits per heavy atom. The number of rotatable bonds is 3. The predicted octanol–water partition coefficient (Wildman–Crippen LogP) is 3.77. The molecule has 4 nitrogen and oxygen atoms in total. The Morgan fingerprint density at radius 3 is 2.67 bits per heavy atom. The van der Waals surface area contributed by atoms with Crippen LogP contribution in [0, 0.1) is 6.92 Å². The van der Waals surface area contributed by atoms with Gasteiger partial charge in [-0.05, 0) is 24.4 Å². The normalized spacial score (nSPS) is 10.3. The number of amides is 1. The lowest BCUT2D eigenvalue weighted by Crippen LogP contribution is -2.14. The van der Waals surface area contributed by atoms with Gasteiger partial charge in [0.1, 0.15) is 5.69 Å². The van der Waals surface area contributed by atoms with Gasteiger partial charge in [0.15, 0.2) is 0 Å². The van der Waals surface area contributed by atoms with Crippen LogP contribution in [-0.2, 0) is 0 Å². The summed E-state index contributed by atoms with van der Waals surface area (Å²) in [6.45, 7) is 1.83. The van der Waals surface area contributed by atoms with Crippen molar-refractivity contribution in [3.8, 4) is 10.4 Å². The molecule has 5 heteroatoms. The van der Waals surface area contributed by atoms with Crippen LogP contribution < -0.4 is 5.32 Å². The van der Waals surface area contributed by atoms with Crippen LogP contribution in [0.5, 0.6) is 0 Å². The fourth-order valence-electron chi connectivity index (χ4n) is 1.93. The molecule has 3 rings (SSSR count). The van der Waals surface area contributed by atoms with Gasteiger partial charge in [-0.3, -0.25) is 9.78 Å². The van der Waals surface area contributed by atoms with Gasteiger partial charge in [-0.15, -0.1) is 11.3 Å². The highest BCUT2D eigenvalue weighted by molar-refractivity contribution is 7.13. The summed E-state index contributed by atoms with van der Waals surface area (Å²) in [7, 11) is 0. The molecule has 1 aromatic carbocycles. The molecule has 0 aliphatic rings. The molecule has 3 aromatic rings. The van der Waals surface area contributed by atoms with E-state index in [0.717, 1.165) is 21.8 Å². The van der Waals surface area contributed by atoms with Crippen molar-refractivity contribution in [1.29, 1.82) is 0 Å². The van der Waals surface area contributed by atoms with Gasteiger partial charge in [-0.1, -0.05) is 24.3 Å². The summed E-state index contributed by atoms with van der Waals surface area (Å²) in [4.78, 5) is 21.5. The molecule has 2 aromatic heterocycles. The van der Waals surface area contributed by atoms with Crippen molar-refractivity contribution in [2.24, 2.45) is 0 Å². The van der Waals surface area contributed by atoms with Crippen LogP contribution in [0.1, 0.15) is 16.2 Å². The second-order valence-corrected chi connectivity index (χ2v) is 5.47. The molecule has 0 radical (unpaired) electrons.